The van der Waals surface area contributed by atoms with Crippen LogP contribution >= 0.6 is 11.6 Å². The number of hydrogen-bond acceptors (Lipinski definition) is 8. The second-order valence-corrected chi connectivity index (χ2v) is 11.7. The molecule has 0 saturated carbocycles. The predicted molar refractivity (Wildman–Crippen MR) is 161 cm³/mol. The first-order chi connectivity index (χ1) is 20.5. The number of aromatic nitrogens is 2. The average Bonchev–Trinajstić information content (AvgIpc) is 2.97. The van der Waals surface area contributed by atoms with Gasteiger partial charge in [-0.3, -0.25) is 4.79 Å². The summed E-state index contributed by atoms with van der Waals surface area (Å²) in [4.78, 5) is 25.3. The summed E-state index contributed by atoms with van der Waals surface area (Å²) in [5, 5.41) is 0.545. The van der Waals surface area contributed by atoms with Crippen LogP contribution in [0.4, 0.5) is 10.3 Å². The molecule has 11 heteroatoms. The summed E-state index contributed by atoms with van der Waals surface area (Å²) in [6, 6.07) is 4.84. The number of benzene rings is 1. The van der Waals surface area contributed by atoms with Crippen molar-refractivity contribution >= 4 is 23.5 Å². The van der Waals surface area contributed by atoms with Crippen molar-refractivity contribution in [2.45, 2.75) is 51.4 Å². The van der Waals surface area contributed by atoms with Crippen molar-refractivity contribution in [3.8, 4) is 5.75 Å². The van der Waals surface area contributed by atoms with E-state index in [9.17, 15) is 9.18 Å². The number of piperidine rings is 1. The molecule has 0 unspecified atom stereocenters. The van der Waals surface area contributed by atoms with E-state index in [1.165, 1.54) is 6.07 Å². The van der Waals surface area contributed by atoms with Crippen LogP contribution in [-0.4, -0.2) is 86.5 Å². The van der Waals surface area contributed by atoms with E-state index in [1.54, 1.807) is 24.5 Å². The molecule has 0 bridgehead atoms. The molecule has 4 rings (SSSR count). The quantitative estimate of drug-likeness (QED) is 0.248. The van der Waals surface area contributed by atoms with E-state index in [0.29, 0.717) is 61.1 Å². The maximum atomic E-state index is 14.7. The molecule has 0 spiro atoms. The maximum absolute atomic E-state index is 14.7. The number of likely N-dealkylation sites (tertiary alicyclic amines) is 1. The van der Waals surface area contributed by atoms with E-state index in [2.05, 4.69) is 14.9 Å². The van der Waals surface area contributed by atoms with Crippen molar-refractivity contribution in [1.29, 1.82) is 0 Å². The number of rotatable bonds is 18. The molecule has 3 heterocycles. The van der Waals surface area contributed by atoms with Crippen LogP contribution in [0, 0.1) is 17.7 Å². The number of halogens is 2. The first-order valence-corrected chi connectivity index (χ1v) is 15.7. The van der Waals surface area contributed by atoms with Gasteiger partial charge in [0.25, 0.3) is 0 Å². The standard InChI is InChI=1S/C31H45ClFN5O4/c32-27-20-35-31(36-21-27)37-11-8-24(9-12-37)5-3-14-42-28-7-6-26(29(33)19-28)18-30(39)38-22-25(23-38)4-1-2-13-40-16-17-41-15-10-34/h6-7,19-21,24-25H,1-5,8-18,22-23,34H2. The van der Waals surface area contributed by atoms with Gasteiger partial charge in [0.1, 0.15) is 11.6 Å². The summed E-state index contributed by atoms with van der Waals surface area (Å²) in [6.07, 6.45) is 10.7. The smallest absolute Gasteiger partial charge is 0.227 e. The van der Waals surface area contributed by atoms with Crippen molar-refractivity contribution in [2.75, 3.05) is 70.7 Å². The largest absolute Gasteiger partial charge is 0.493 e. The first kappa shape index (κ1) is 32.4. The molecule has 42 heavy (non-hydrogen) atoms. The molecular weight excluding hydrogens is 561 g/mol. The average molecular weight is 606 g/mol. The number of nitrogens with two attached hydrogens (primary N) is 1. The van der Waals surface area contributed by atoms with E-state index < -0.39 is 0 Å². The normalized spacial score (nSPS) is 16.1. The van der Waals surface area contributed by atoms with Crippen molar-refractivity contribution < 1.29 is 23.4 Å². The molecule has 2 saturated heterocycles. The van der Waals surface area contributed by atoms with Gasteiger partial charge >= 0.3 is 0 Å². The number of anilines is 1. The fourth-order valence-electron chi connectivity index (χ4n) is 5.49. The summed E-state index contributed by atoms with van der Waals surface area (Å²) in [5.74, 6) is 1.99. The number of ether oxygens (including phenoxy) is 3. The molecular formula is C31H45ClFN5O4. The maximum Gasteiger partial charge on any atom is 0.227 e. The van der Waals surface area contributed by atoms with Crippen molar-refractivity contribution in [3.63, 3.8) is 0 Å². The first-order valence-electron chi connectivity index (χ1n) is 15.3. The molecule has 2 fully saturated rings. The second-order valence-electron chi connectivity index (χ2n) is 11.2. The Balaban J connectivity index is 1.04. The lowest BCUT2D eigenvalue weighted by atomic mass is 9.92. The Morgan fingerprint density at radius 2 is 1.67 bits per heavy atom. The van der Waals surface area contributed by atoms with Gasteiger partial charge in [0.05, 0.1) is 50.3 Å². The summed E-state index contributed by atoms with van der Waals surface area (Å²) in [6.45, 7) is 6.91. The van der Waals surface area contributed by atoms with Crippen LogP contribution in [0.1, 0.15) is 50.5 Å². The molecule has 0 aliphatic carbocycles. The van der Waals surface area contributed by atoms with Gasteiger partial charge in [0.15, 0.2) is 0 Å². The molecule has 2 N–H and O–H groups in total. The highest BCUT2D eigenvalue weighted by atomic mass is 35.5. The Labute approximate surface area is 253 Å². The van der Waals surface area contributed by atoms with Crippen molar-refractivity contribution in [3.05, 3.63) is 47.0 Å². The van der Waals surface area contributed by atoms with Gasteiger partial charge in [0.2, 0.25) is 11.9 Å². The zero-order chi connectivity index (χ0) is 29.6. The van der Waals surface area contributed by atoms with Gasteiger partial charge in [0, 0.05) is 45.4 Å². The third-order valence-corrected chi connectivity index (χ3v) is 8.19. The molecule has 2 aliphatic rings. The Kier molecular flexibility index (Phi) is 13.5. The zero-order valence-electron chi connectivity index (χ0n) is 24.5. The van der Waals surface area contributed by atoms with Gasteiger partial charge in [-0.25, -0.2) is 14.4 Å². The third-order valence-electron chi connectivity index (χ3n) is 7.99. The van der Waals surface area contributed by atoms with Crippen LogP contribution in [0.2, 0.25) is 5.02 Å². The number of carbonyl (C=O) groups excluding carboxylic acids is 1. The number of hydrogen-bond donors (Lipinski definition) is 1. The van der Waals surface area contributed by atoms with Gasteiger partial charge in [-0.15, -0.1) is 0 Å². The Hall–Kier alpha value is -2.53. The molecule has 9 nitrogen and oxygen atoms in total. The van der Waals surface area contributed by atoms with Gasteiger partial charge in [-0.05, 0) is 62.0 Å². The molecule has 1 aromatic heterocycles. The van der Waals surface area contributed by atoms with Gasteiger partial charge < -0.3 is 29.7 Å². The summed E-state index contributed by atoms with van der Waals surface area (Å²) in [7, 11) is 0. The molecule has 232 valence electrons. The summed E-state index contributed by atoms with van der Waals surface area (Å²) < 4.78 is 31.4. The minimum atomic E-state index is -0.386. The van der Waals surface area contributed by atoms with Crippen LogP contribution in [-0.2, 0) is 20.7 Å². The van der Waals surface area contributed by atoms with E-state index in [1.807, 2.05) is 4.90 Å². The van der Waals surface area contributed by atoms with Crippen LogP contribution < -0.4 is 15.4 Å². The second kappa shape index (κ2) is 17.6. The lowest BCUT2D eigenvalue weighted by Gasteiger charge is -2.39. The highest BCUT2D eigenvalue weighted by Gasteiger charge is 2.30. The van der Waals surface area contributed by atoms with Crippen molar-refractivity contribution in [2.24, 2.45) is 17.6 Å². The fraction of sp³-hybridized carbons (Fsp3) is 0.645. The molecule has 1 amide bonds. The molecule has 2 aliphatic heterocycles. The monoisotopic (exact) mass is 605 g/mol. The zero-order valence-corrected chi connectivity index (χ0v) is 25.3. The molecule has 0 radical (unpaired) electrons. The minimum Gasteiger partial charge on any atom is -0.493 e. The number of amides is 1. The SMILES string of the molecule is NCCOCCOCCCCC1CN(C(=O)Cc2ccc(OCCCC3CCN(c4ncc(Cl)cn4)CC3)cc2F)C1. The number of carbonyl (C=O) groups is 1. The van der Waals surface area contributed by atoms with E-state index in [0.717, 1.165) is 83.7 Å². The Morgan fingerprint density at radius 1 is 0.952 bits per heavy atom. The van der Waals surface area contributed by atoms with Gasteiger partial charge in [-0.1, -0.05) is 24.1 Å². The summed E-state index contributed by atoms with van der Waals surface area (Å²) >= 11 is 5.88. The Morgan fingerprint density at radius 3 is 2.38 bits per heavy atom. The van der Waals surface area contributed by atoms with Crippen LogP contribution in [0.15, 0.2) is 30.6 Å². The minimum absolute atomic E-state index is 0.0201. The van der Waals surface area contributed by atoms with E-state index >= 15 is 0 Å². The van der Waals surface area contributed by atoms with Crippen LogP contribution in [0.5, 0.6) is 5.75 Å². The van der Waals surface area contributed by atoms with E-state index in [4.69, 9.17) is 31.5 Å². The number of unbranched alkanes of at least 4 members (excludes halogenated alkanes) is 1. The topological polar surface area (TPSA) is 103 Å². The van der Waals surface area contributed by atoms with Gasteiger partial charge in [-0.2, -0.15) is 0 Å². The molecule has 1 aromatic carbocycles. The summed E-state index contributed by atoms with van der Waals surface area (Å²) in [5.41, 5.74) is 5.79. The predicted octanol–water partition coefficient (Wildman–Crippen LogP) is 4.51. The Bertz CT molecular complexity index is 1080. The van der Waals surface area contributed by atoms with Crippen molar-refractivity contribution in [1.82, 2.24) is 14.9 Å². The number of nitrogens with zero attached hydrogens (tertiary/aromatic N) is 4. The highest BCUT2D eigenvalue weighted by molar-refractivity contribution is 6.30. The van der Waals surface area contributed by atoms with Crippen LogP contribution in [0.25, 0.3) is 0 Å². The highest BCUT2D eigenvalue weighted by Crippen LogP contribution is 2.26. The van der Waals surface area contributed by atoms with Crippen LogP contribution in [0.3, 0.4) is 0 Å². The lowest BCUT2D eigenvalue weighted by Crippen LogP contribution is -2.50. The van der Waals surface area contributed by atoms with E-state index in [-0.39, 0.29) is 18.1 Å². The fourth-order valence-corrected chi connectivity index (χ4v) is 5.58. The lowest BCUT2D eigenvalue weighted by molar-refractivity contribution is -0.137. The third kappa shape index (κ3) is 10.6. The molecule has 2 aromatic rings. The molecule has 0 atom stereocenters.